The maximum Gasteiger partial charge on any atom is 0.407 e. The molecular weight excluding hydrogens is 467 g/mol. The monoisotopic (exact) mass is 487 g/mol. The molecule has 0 bridgehead atoms. The van der Waals surface area contributed by atoms with Crippen LogP contribution in [0, 0.1) is 6.57 Å². The summed E-state index contributed by atoms with van der Waals surface area (Å²) in [4.78, 5) is 30.0. The molecule has 34 heavy (non-hydrogen) atoms. The van der Waals surface area contributed by atoms with Crippen molar-refractivity contribution in [1.82, 2.24) is 0 Å². The Labute approximate surface area is 199 Å². The van der Waals surface area contributed by atoms with Gasteiger partial charge >= 0.3 is 12.1 Å². The molecule has 2 aliphatic rings. The van der Waals surface area contributed by atoms with Crippen LogP contribution in [0.3, 0.4) is 0 Å². The Balaban J connectivity index is 1.67. The summed E-state index contributed by atoms with van der Waals surface area (Å²) < 4.78 is 40.5. The second-order valence-electron chi connectivity index (χ2n) is 8.37. The van der Waals surface area contributed by atoms with Crippen LogP contribution in [0.2, 0.25) is 0 Å². The number of anilines is 2. The van der Waals surface area contributed by atoms with Crippen LogP contribution in [0.15, 0.2) is 42.5 Å². The Bertz CT molecular complexity index is 1200. The third kappa shape index (κ3) is 4.01. The van der Waals surface area contributed by atoms with Crippen molar-refractivity contribution in [2.75, 3.05) is 9.80 Å². The highest BCUT2D eigenvalue weighted by Crippen LogP contribution is 2.48. The summed E-state index contributed by atoms with van der Waals surface area (Å²) in [5.74, 6) is -1.24. The molecule has 0 radical (unpaired) electrons. The predicted molar refractivity (Wildman–Crippen MR) is 124 cm³/mol. The molecule has 1 heterocycles. The maximum absolute atomic E-state index is 13.5. The Morgan fingerprint density at radius 2 is 1.79 bits per heavy atom. The van der Waals surface area contributed by atoms with Crippen LogP contribution in [-0.4, -0.2) is 27.6 Å². The number of carbonyl (C=O) groups excluding carboxylic acids is 1. The first-order valence-corrected chi connectivity index (χ1v) is 11.1. The second kappa shape index (κ2) is 8.72. The number of nitrogens with zero attached hydrogens (tertiary/aromatic N) is 3. The van der Waals surface area contributed by atoms with E-state index in [0.29, 0.717) is 31.4 Å². The van der Waals surface area contributed by atoms with Crippen molar-refractivity contribution in [2.24, 2.45) is 0 Å². The zero-order valence-electron chi connectivity index (χ0n) is 17.9. The van der Waals surface area contributed by atoms with Gasteiger partial charge in [-0.1, -0.05) is 18.2 Å². The Morgan fingerprint density at radius 3 is 2.32 bits per heavy atom. The van der Waals surface area contributed by atoms with Crippen LogP contribution in [-0.2, 0) is 22.2 Å². The second-order valence-corrected chi connectivity index (χ2v) is 8.73. The molecule has 0 atom stereocenters. The van der Waals surface area contributed by atoms with Gasteiger partial charge in [-0.25, -0.2) is 4.85 Å². The van der Waals surface area contributed by atoms with Gasteiger partial charge < -0.3 is 10.0 Å². The summed E-state index contributed by atoms with van der Waals surface area (Å²) >= 11 is 5.61. The van der Waals surface area contributed by atoms with Gasteiger partial charge in [0.2, 0.25) is 0 Å². The summed E-state index contributed by atoms with van der Waals surface area (Å²) in [6.45, 7) is 7.03. The lowest BCUT2D eigenvalue weighted by atomic mass is 9.75. The van der Waals surface area contributed by atoms with Crippen LogP contribution in [0.4, 0.5) is 30.2 Å². The summed E-state index contributed by atoms with van der Waals surface area (Å²) in [6.07, 6.45) is -1.77. The van der Waals surface area contributed by atoms with Gasteiger partial charge in [0.05, 0.1) is 12.1 Å². The summed E-state index contributed by atoms with van der Waals surface area (Å²) in [5.41, 5.74) is -1.03. The number of amides is 1. The number of alkyl halides is 3. The van der Waals surface area contributed by atoms with E-state index in [1.54, 1.807) is 17.0 Å². The summed E-state index contributed by atoms with van der Waals surface area (Å²) in [6, 6.07) is 10.4. The number of benzene rings is 2. The van der Waals surface area contributed by atoms with Gasteiger partial charge in [-0.2, -0.15) is 13.2 Å². The molecule has 2 aromatic carbocycles. The lowest BCUT2D eigenvalue weighted by Crippen LogP contribution is -2.55. The van der Waals surface area contributed by atoms with Crippen molar-refractivity contribution < 1.29 is 27.9 Å². The van der Waals surface area contributed by atoms with E-state index < -0.39 is 28.9 Å². The molecule has 6 nitrogen and oxygen atoms in total. The third-order valence-electron chi connectivity index (χ3n) is 6.31. The highest BCUT2D eigenvalue weighted by atomic mass is 32.1. The van der Waals surface area contributed by atoms with E-state index in [1.807, 2.05) is 12.1 Å². The molecular formula is C24H20F3N3O3S. The van der Waals surface area contributed by atoms with Crippen molar-refractivity contribution >= 4 is 46.3 Å². The number of halogens is 3. The van der Waals surface area contributed by atoms with Crippen LogP contribution in [0.5, 0.6) is 0 Å². The van der Waals surface area contributed by atoms with E-state index in [9.17, 15) is 22.8 Å². The van der Waals surface area contributed by atoms with Crippen molar-refractivity contribution in [3.05, 3.63) is 65.0 Å². The molecule has 1 saturated heterocycles. The fourth-order valence-electron chi connectivity index (χ4n) is 4.45. The van der Waals surface area contributed by atoms with Crippen molar-refractivity contribution in [2.45, 2.75) is 50.2 Å². The van der Waals surface area contributed by atoms with E-state index in [2.05, 4.69) is 4.85 Å². The number of rotatable bonds is 6. The van der Waals surface area contributed by atoms with Gasteiger partial charge in [0.25, 0.3) is 5.91 Å². The van der Waals surface area contributed by atoms with Crippen molar-refractivity contribution in [3.8, 4) is 0 Å². The fourth-order valence-corrected chi connectivity index (χ4v) is 4.92. The van der Waals surface area contributed by atoms with Gasteiger partial charge in [-0.3, -0.25) is 14.5 Å². The molecule has 1 amide bonds. The molecule has 2 aromatic rings. The molecule has 1 spiro atoms. The topological polar surface area (TPSA) is 65.2 Å². The van der Waals surface area contributed by atoms with Crippen LogP contribution < -0.4 is 9.80 Å². The van der Waals surface area contributed by atoms with Crippen molar-refractivity contribution in [3.63, 3.8) is 0 Å². The number of hydrogen-bond donors (Lipinski definition) is 1. The summed E-state index contributed by atoms with van der Waals surface area (Å²) in [5, 5.41) is 8.89. The van der Waals surface area contributed by atoms with Gasteiger partial charge in [-0.05, 0) is 74.2 Å². The van der Waals surface area contributed by atoms with E-state index in [1.165, 1.54) is 6.07 Å². The van der Waals surface area contributed by atoms with E-state index in [4.69, 9.17) is 23.9 Å². The number of carboxylic acids is 1. The molecule has 1 aliphatic carbocycles. The largest absolute Gasteiger partial charge is 0.481 e. The number of aryl methyl sites for hydroxylation is 1. The minimum absolute atomic E-state index is 0.0196. The maximum atomic E-state index is 13.5. The molecule has 2 fully saturated rings. The lowest BCUT2D eigenvalue weighted by molar-refractivity contribution is -0.137. The third-order valence-corrected chi connectivity index (χ3v) is 6.67. The Kier molecular flexibility index (Phi) is 6.08. The van der Waals surface area contributed by atoms with E-state index in [0.717, 1.165) is 29.0 Å². The molecule has 10 heteroatoms. The molecule has 1 saturated carbocycles. The first-order valence-electron chi connectivity index (χ1n) is 10.7. The molecule has 1 aliphatic heterocycles. The lowest BCUT2D eigenvalue weighted by Gasteiger charge is -2.43. The molecule has 4 rings (SSSR count). The minimum atomic E-state index is -4.75. The number of carboxylic acid groups (broad SMARTS) is 1. The highest BCUT2D eigenvalue weighted by Gasteiger charge is 2.59. The Morgan fingerprint density at radius 1 is 1.15 bits per heavy atom. The molecule has 0 aromatic heterocycles. The fraction of sp³-hybridized carbons (Fsp3) is 0.333. The van der Waals surface area contributed by atoms with Crippen LogP contribution in [0.1, 0.15) is 43.2 Å². The molecule has 176 valence electrons. The minimum Gasteiger partial charge on any atom is -0.481 e. The quantitative estimate of drug-likeness (QED) is 0.417. The first kappa shape index (κ1) is 23.7. The van der Waals surface area contributed by atoms with Gasteiger partial charge in [-0.15, -0.1) is 0 Å². The smallest absolute Gasteiger partial charge is 0.407 e. The average Bonchev–Trinajstić information content (AvgIpc) is 3.00. The van der Waals surface area contributed by atoms with E-state index in [-0.39, 0.29) is 23.1 Å². The van der Waals surface area contributed by atoms with E-state index >= 15 is 0 Å². The zero-order chi connectivity index (χ0) is 24.7. The van der Waals surface area contributed by atoms with Crippen LogP contribution >= 0.6 is 12.2 Å². The first-order chi connectivity index (χ1) is 16.1. The normalized spacial score (nSPS) is 17.1. The number of aliphatic carboxylic acids is 1. The number of carbonyl (C=O) groups is 2. The standard InChI is InChI=1S/C24H20F3N3O3S/c1-28-19-11-10-17(14-18(19)24(25,26)27)29-21(33)23(12-3-13-23)30(22(29)34)16-8-6-15(7-9-16)4-2-5-20(31)32/h6-11,14H,2-5,12-13H2,(H,31,32). The predicted octanol–water partition coefficient (Wildman–Crippen LogP) is 5.72. The SMILES string of the molecule is [C-]#[N+]c1ccc(N2C(=O)C3(CCC3)N(c3ccc(CCCC(=O)O)cc3)C2=S)cc1C(F)(F)F. The number of hydrogen-bond acceptors (Lipinski definition) is 3. The average molecular weight is 488 g/mol. The Hall–Kier alpha value is -3.45. The van der Waals surface area contributed by atoms with Crippen LogP contribution in [0.25, 0.3) is 4.85 Å². The summed E-state index contributed by atoms with van der Waals surface area (Å²) in [7, 11) is 0. The van der Waals surface area contributed by atoms with Crippen molar-refractivity contribution in [1.29, 1.82) is 0 Å². The number of thiocarbonyl (C=S) groups is 1. The van der Waals surface area contributed by atoms with Gasteiger partial charge in [0.1, 0.15) is 5.54 Å². The van der Waals surface area contributed by atoms with Gasteiger partial charge in [0.15, 0.2) is 10.8 Å². The zero-order valence-corrected chi connectivity index (χ0v) is 18.7. The molecule has 1 N–H and O–H groups in total. The highest BCUT2D eigenvalue weighted by molar-refractivity contribution is 7.81. The van der Waals surface area contributed by atoms with Gasteiger partial charge in [0, 0.05) is 17.8 Å². The molecule has 0 unspecified atom stereocenters.